The molecule has 0 amide bonds. The predicted molar refractivity (Wildman–Crippen MR) is 38.2 cm³/mol. The highest BCUT2D eigenvalue weighted by atomic mass is 35.5. The first kappa shape index (κ1) is 6.84. The van der Waals surface area contributed by atoms with Gasteiger partial charge in [-0.2, -0.15) is 0 Å². The van der Waals surface area contributed by atoms with Gasteiger partial charge in [0.2, 0.25) is 0 Å². The molecule has 1 aliphatic carbocycles. The van der Waals surface area contributed by atoms with Crippen molar-refractivity contribution >= 4 is 11.6 Å². The van der Waals surface area contributed by atoms with Crippen LogP contribution < -0.4 is 0 Å². The molecule has 49 valence electrons. The molecular weight excluding hydrogens is 136 g/mol. The van der Waals surface area contributed by atoms with E-state index in [0.717, 1.165) is 0 Å². The van der Waals surface area contributed by atoms with E-state index in [-0.39, 0.29) is 0 Å². The van der Waals surface area contributed by atoms with Crippen LogP contribution in [0.15, 0.2) is 24.3 Å². The lowest BCUT2D eigenvalue weighted by Gasteiger charge is -2.18. The van der Waals surface area contributed by atoms with Crippen LogP contribution in [0.1, 0.15) is 0 Å². The molecule has 0 aromatic carbocycles. The third kappa shape index (κ3) is 1.57. The van der Waals surface area contributed by atoms with E-state index in [1.165, 1.54) is 0 Å². The maximum Gasteiger partial charge on any atom is 0.178 e. The summed E-state index contributed by atoms with van der Waals surface area (Å²) in [6.45, 7) is 0. The van der Waals surface area contributed by atoms with Gasteiger partial charge in [0.25, 0.3) is 0 Å². The Morgan fingerprint density at radius 1 is 1.33 bits per heavy atom. The number of hydrogen-bond donors (Lipinski definition) is 0. The number of methoxy groups -OCH3 is 1. The fourth-order valence-electron chi connectivity index (χ4n) is 0.629. The predicted octanol–water partition coefficient (Wildman–Crippen LogP) is 1.90. The van der Waals surface area contributed by atoms with E-state index in [9.17, 15) is 0 Å². The molecule has 0 heterocycles. The minimum Gasteiger partial charge on any atom is -0.356 e. The van der Waals surface area contributed by atoms with Gasteiger partial charge in [-0.05, 0) is 12.2 Å². The van der Waals surface area contributed by atoms with Gasteiger partial charge in [0, 0.05) is 13.5 Å². The SMILES string of the molecule is COC1(Cl)C=C[CH]C=C1. The minimum atomic E-state index is -0.700. The lowest BCUT2D eigenvalue weighted by Crippen LogP contribution is -2.18. The van der Waals surface area contributed by atoms with Gasteiger partial charge in [-0.15, -0.1) is 0 Å². The minimum absolute atomic E-state index is 0.700. The molecule has 1 nitrogen and oxygen atoms in total. The summed E-state index contributed by atoms with van der Waals surface area (Å²) in [5.74, 6) is 0. The number of hydrogen-bond acceptors (Lipinski definition) is 1. The Kier molecular flexibility index (Phi) is 1.94. The topological polar surface area (TPSA) is 9.23 Å². The van der Waals surface area contributed by atoms with E-state index in [0.29, 0.717) is 0 Å². The standard InChI is InChI=1S/C7H8ClO/c1-9-7(8)5-3-2-4-6-7/h2-6H,1H3. The molecule has 2 heteroatoms. The smallest absolute Gasteiger partial charge is 0.178 e. The monoisotopic (exact) mass is 143 g/mol. The largest absolute Gasteiger partial charge is 0.356 e. The van der Waals surface area contributed by atoms with Crippen molar-refractivity contribution in [1.82, 2.24) is 0 Å². The third-order valence-corrected chi connectivity index (χ3v) is 1.59. The lowest BCUT2D eigenvalue weighted by atomic mass is 10.2. The second-order valence-electron chi connectivity index (χ2n) is 1.81. The fourth-order valence-corrected chi connectivity index (χ4v) is 0.775. The van der Waals surface area contributed by atoms with Crippen molar-refractivity contribution in [3.05, 3.63) is 30.7 Å². The first-order chi connectivity index (χ1) is 4.27. The van der Waals surface area contributed by atoms with Crippen LogP contribution in [0.3, 0.4) is 0 Å². The zero-order chi connectivity index (χ0) is 6.74. The highest BCUT2D eigenvalue weighted by molar-refractivity contribution is 6.25. The van der Waals surface area contributed by atoms with Crippen molar-refractivity contribution in [2.45, 2.75) is 5.06 Å². The summed E-state index contributed by atoms with van der Waals surface area (Å²) >= 11 is 5.84. The first-order valence-corrected chi connectivity index (χ1v) is 3.09. The number of rotatable bonds is 1. The van der Waals surface area contributed by atoms with Crippen molar-refractivity contribution < 1.29 is 4.74 Å². The van der Waals surface area contributed by atoms with Crippen LogP contribution in [-0.4, -0.2) is 12.2 Å². The van der Waals surface area contributed by atoms with Crippen molar-refractivity contribution in [3.8, 4) is 0 Å². The molecule has 0 N–H and O–H groups in total. The maximum atomic E-state index is 5.84. The van der Waals surface area contributed by atoms with Gasteiger partial charge in [0.05, 0.1) is 0 Å². The molecular formula is C7H8ClO. The average molecular weight is 144 g/mol. The Morgan fingerprint density at radius 2 is 1.89 bits per heavy atom. The molecule has 0 aliphatic heterocycles. The molecule has 0 unspecified atom stereocenters. The summed E-state index contributed by atoms with van der Waals surface area (Å²) in [6.07, 6.45) is 9.19. The molecule has 0 bridgehead atoms. The normalized spacial score (nSPS) is 22.4. The Hall–Kier alpha value is -0.270. The van der Waals surface area contributed by atoms with Crippen LogP contribution in [0, 0.1) is 6.42 Å². The van der Waals surface area contributed by atoms with Crippen molar-refractivity contribution in [1.29, 1.82) is 0 Å². The van der Waals surface area contributed by atoms with Gasteiger partial charge in [0.1, 0.15) is 0 Å². The van der Waals surface area contributed by atoms with E-state index in [4.69, 9.17) is 16.3 Å². The lowest BCUT2D eigenvalue weighted by molar-refractivity contribution is 0.143. The van der Waals surface area contributed by atoms with E-state index in [2.05, 4.69) is 0 Å². The third-order valence-electron chi connectivity index (χ3n) is 1.18. The second-order valence-corrected chi connectivity index (χ2v) is 2.40. The van der Waals surface area contributed by atoms with Crippen LogP contribution >= 0.6 is 11.6 Å². The molecule has 0 atom stereocenters. The zero-order valence-corrected chi connectivity index (χ0v) is 5.93. The highest BCUT2D eigenvalue weighted by Gasteiger charge is 2.19. The summed E-state index contributed by atoms with van der Waals surface area (Å²) in [6, 6.07) is 0. The highest BCUT2D eigenvalue weighted by Crippen LogP contribution is 2.22. The van der Waals surface area contributed by atoms with Crippen molar-refractivity contribution in [2.24, 2.45) is 0 Å². The number of allylic oxidation sites excluding steroid dienone is 2. The second kappa shape index (κ2) is 2.54. The van der Waals surface area contributed by atoms with Gasteiger partial charge < -0.3 is 4.74 Å². The van der Waals surface area contributed by atoms with Gasteiger partial charge in [-0.25, -0.2) is 0 Å². The van der Waals surface area contributed by atoms with E-state index in [1.807, 2.05) is 18.6 Å². The number of ether oxygens (including phenoxy) is 1. The van der Waals surface area contributed by atoms with E-state index >= 15 is 0 Å². The summed E-state index contributed by atoms with van der Waals surface area (Å²) in [7, 11) is 1.58. The van der Waals surface area contributed by atoms with E-state index in [1.54, 1.807) is 19.3 Å². The van der Waals surface area contributed by atoms with Crippen LogP contribution in [0.4, 0.5) is 0 Å². The Morgan fingerprint density at radius 3 is 2.22 bits per heavy atom. The Bertz CT molecular complexity index is 137. The molecule has 1 rings (SSSR count). The zero-order valence-electron chi connectivity index (χ0n) is 5.17. The quantitative estimate of drug-likeness (QED) is 0.510. The number of alkyl halides is 1. The first-order valence-electron chi connectivity index (χ1n) is 2.71. The summed E-state index contributed by atoms with van der Waals surface area (Å²) < 4.78 is 4.95. The van der Waals surface area contributed by atoms with Gasteiger partial charge in [-0.1, -0.05) is 23.8 Å². The molecule has 0 aromatic heterocycles. The summed E-state index contributed by atoms with van der Waals surface area (Å²) in [5, 5.41) is -0.700. The molecule has 1 radical (unpaired) electrons. The molecule has 0 saturated carbocycles. The molecule has 0 aromatic rings. The average Bonchev–Trinajstić information content (AvgIpc) is 1.90. The molecule has 9 heavy (non-hydrogen) atoms. The van der Waals surface area contributed by atoms with Crippen LogP contribution in [0.25, 0.3) is 0 Å². The van der Waals surface area contributed by atoms with Gasteiger partial charge >= 0.3 is 0 Å². The maximum absolute atomic E-state index is 5.84. The fraction of sp³-hybridized carbons (Fsp3) is 0.286. The Balaban J connectivity index is 2.67. The van der Waals surface area contributed by atoms with Gasteiger partial charge in [0.15, 0.2) is 5.06 Å². The summed E-state index contributed by atoms with van der Waals surface area (Å²) in [4.78, 5) is 0. The van der Waals surface area contributed by atoms with Crippen molar-refractivity contribution in [3.63, 3.8) is 0 Å². The summed E-state index contributed by atoms with van der Waals surface area (Å²) in [5.41, 5.74) is 0. The number of halogens is 1. The molecule has 0 spiro atoms. The Labute approximate surface area is 60.0 Å². The molecule has 0 saturated heterocycles. The molecule has 1 aliphatic rings. The van der Waals surface area contributed by atoms with Crippen LogP contribution in [-0.2, 0) is 4.74 Å². The molecule has 0 fully saturated rings. The van der Waals surface area contributed by atoms with Gasteiger partial charge in [-0.3, -0.25) is 0 Å². The van der Waals surface area contributed by atoms with Crippen LogP contribution in [0.2, 0.25) is 0 Å². The van der Waals surface area contributed by atoms with Crippen molar-refractivity contribution in [2.75, 3.05) is 7.11 Å². The van der Waals surface area contributed by atoms with Crippen LogP contribution in [0.5, 0.6) is 0 Å². The van der Waals surface area contributed by atoms with E-state index < -0.39 is 5.06 Å².